The predicted octanol–water partition coefficient (Wildman–Crippen LogP) is 1.88. The maximum absolute atomic E-state index is 12.9. The third-order valence-corrected chi connectivity index (χ3v) is 1.45. The lowest BCUT2D eigenvalue weighted by molar-refractivity contribution is -0.0499. The molecule has 0 fully saturated rings. The molecule has 0 saturated carbocycles. The Labute approximate surface area is 77.5 Å². The Morgan fingerprint density at radius 2 is 2.07 bits per heavy atom. The molecule has 0 aliphatic carbocycles. The Balaban J connectivity index is 3.11. The topological polar surface area (TPSA) is 59.0 Å². The van der Waals surface area contributed by atoms with E-state index in [9.17, 15) is 13.2 Å². The van der Waals surface area contributed by atoms with Crippen molar-refractivity contribution in [1.82, 2.24) is 0 Å². The third kappa shape index (κ3) is 2.07. The van der Waals surface area contributed by atoms with Gasteiger partial charge in [0.25, 0.3) is 0 Å². The van der Waals surface area contributed by atoms with Gasteiger partial charge in [-0.1, -0.05) is 0 Å². The average molecular weight is 202 g/mol. The van der Waals surface area contributed by atoms with Crippen LogP contribution < -0.4 is 10.5 Å². The van der Waals surface area contributed by atoms with Gasteiger partial charge in [0.15, 0.2) is 5.82 Å². The Bertz CT molecular complexity index is 387. The molecule has 74 valence electrons. The van der Waals surface area contributed by atoms with E-state index in [2.05, 4.69) is 4.74 Å². The molecule has 0 saturated heterocycles. The van der Waals surface area contributed by atoms with E-state index < -0.39 is 18.2 Å². The molecule has 0 atom stereocenters. The van der Waals surface area contributed by atoms with Crippen molar-refractivity contribution in [3.05, 3.63) is 23.5 Å². The standard InChI is InChI=1S/C8H5F3N2O/c9-6-2-5(14-8(10)11)1-4(3-12)7(6)13/h1-2,8H,13H2. The first-order chi connectivity index (χ1) is 6.54. The van der Waals surface area contributed by atoms with Gasteiger partial charge in [-0.15, -0.1) is 0 Å². The molecular formula is C8H5F3N2O. The number of ether oxygens (including phenoxy) is 1. The zero-order chi connectivity index (χ0) is 10.7. The first-order valence-electron chi connectivity index (χ1n) is 3.48. The maximum Gasteiger partial charge on any atom is 0.387 e. The first-order valence-corrected chi connectivity index (χ1v) is 3.48. The normalized spacial score (nSPS) is 9.93. The highest BCUT2D eigenvalue weighted by Crippen LogP contribution is 2.24. The highest BCUT2D eigenvalue weighted by molar-refractivity contribution is 5.57. The lowest BCUT2D eigenvalue weighted by atomic mass is 10.2. The second kappa shape index (κ2) is 3.87. The monoisotopic (exact) mass is 202 g/mol. The molecule has 1 aromatic carbocycles. The minimum absolute atomic E-state index is 0.236. The number of nitriles is 1. The summed E-state index contributed by atoms with van der Waals surface area (Å²) in [7, 11) is 0. The molecule has 0 spiro atoms. The van der Waals surface area contributed by atoms with Crippen LogP contribution >= 0.6 is 0 Å². The Kier molecular flexibility index (Phi) is 2.82. The summed E-state index contributed by atoms with van der Waals surface area (Å²) in [4.78, 5) is 0. The molecule has 0 amide bonds. The van der Waals surface area contributed by atoms with E-state index in [-0.39, 0.29) is 11.3 Å². The number of nitrogens with zero attached hydrogens (tertiary/aromatic N) is 1. The van der Waals surface area contributed by atoms with E-state index in [1.54, 1.807) is 6.07 Å². The van der Waals surface area contributed by atoms with Crippen molar-refractivity contribution in [2.24, 2.45) is 0 Å². The SMILES string of the molecule is N#Cc1cc(OC(F)F)cc(F)c1N. The molecule has 0 unspecified atom stereocenters. The Morgan fingerprint density at radius 3 is 2.57 bits per heavy atom. The minimum Gasteiger partial charge on any atom is -0.435 e. The fourth-order valence-corrected chi connectivity index (χ4v) is 0.856. The predicted molar refractivity (Wildman–Crippen MR) is 42.2 cm³/mol. The van der Waals surface area contributed by atoms with E-state index in [1.165, 1.54) is 0 Å². The molecular weight excluding hydrogens is 197 g/mol. The molecule has 0 aliphatic rings. The highest BCUT2D eigenvalue weighted by Gasteiger charge is 2.11. The second-order valence-corrected chi connectivity index (χ2v) is 2.36. The molecule has 1 rings (SSSR count). The number of hydrogen-bond acceptors (Lipinski definition) is 3. The van der Waals surface area contributed by atoms with Crippen LogP contribution in [0, 0.1) is 17.1 Å². The van der Waals surface area contributed by atoms with Crippen LogP contribution in [0.2, 0.25) is 0 Å². The highest BCUT2D eigenvalue weighted by atomic mass is 19.3. The molecule has 0 heterocycles. The van der Waals surface area contributed by atoms with Crippen LogP contribution in [0.3, 0.4) is 0 Å². The van der Waals surface area contributed by atoms with Crippen molar-refractivity contribution >= 4 is 5.69 Å². The summed E-state index contributed by atoms with van der Waals surface area (Å²) in [5, 5.41) is 8.46. The number of alkyl halides is 2. The summed E-state index contributed by atoms with van der Waals surface area (Å²) in [6.45, 7) is -3.07. The van der Waals surface area contributed by atoms with Gasteiger partial charge in [-0.2, -0.15) is 14.0 Å². The van der Waals surface area contributed by atoms with Gasteiger partial charge in [0.2, 0.25) is 0 Å². The van der Waals surface area contributed by atoms with Gasteiger partial charge >= 0.3 is 6.61 Å². The molecule has 0 bridgehead atoms. The van der Waals surface area contributed by atoms with Gasteiger partial charge in [0.1, 0.15) is 11.8 Å². The third-order valence-electron chi connectivity index (χ3n) is 1.45. The van der Waals surface area contributed by atoms with Crippen molar-refractivity contribution in [2.75, 3.05) is 5.73 Å². The summed E-state index contributed by atoms with van der Waals surface area (Å²) in [5.74, 6) is -1.39. The van der Waals surface area contributed by atoms with Crippen molar-refractivity contribution in [1.29, 1.82) is 5.26 Å². The molecule has 14 heavy (non-hydrogen) atoms. The number of hydrogen-bond donors (Lipinski definition) is 1. The van der Waals surface area contributed by atoms with Crippen molar-refractivity contribution < 1.29 is 17.9 Å². The van der Waals surface area contributed by atoms with Crippen LogP contribution in [-0.2, 0) is 0 Å². The lowest BCUT2D eigenvalue weighted by Gasteiger charge is -2.06. The molecule has 6 heteroatoms. The van der Waals surface area contributed by atoms with Gasteiger partial charge in [0.05, 0.1) is 11.3 Å². The first kappa shape index (κ1) is 10.2. The molecule has 2 N–H and O–H groups in total. The van der Waals surface area contributed by atoms with Gasteiger partial charge in [-0.05, 0) is 0 Å². The van der Waals surface area contributed by atoms with Crippen LogP contribution in [0.25, 0.3) is 0 Å². The lowest BCUT2D eigenvalue weighted by Crippen LogP contribution is -2.04. The number of anilines is 1. The maximum atomic E-state index is 12.9. The Morgan fingerprint density at radius 1 is 1.43 bits per heavy atom. The van der Waals surface area contributed by atoms with Crippen molar-refractivity contribution in [3.8, 4) is 11.8 Å². The van der Waals surface area contributed by atoms with E-state index in [1.807, 2.05) is 0 Å². The van der Waals surface area contributed by atoms with Crippen LogP contribution in [0.15, 0.2) is 12.1 Å². The zero-order valence-corrected chi connectivity index (χ0v) is 6.80. The van der Waals surface area contributed by atoms with Crippen LogP contribution in [0.5, 0.6) is 5.75 Å². The fourth-order valence-electron chi connectivity index (χ4n) is 0.856. The number of nitrogen functional groups attached to an aromatic ring is 1. The van der Waals surface area contributed by atoms with Crippen LogP contribution in [0.1, 0.15) is 5.56 Å². The molecule has 0 radical (unpaired) electrons. The van der Waals surface area contributed by atoms with E-state index in [0.29, 0.717) is 6.07 Å². The van der Waals surface area contributed by atoms with Gasteiger partial charge in [0, 0.05) is 12.1 Å². The Hall–Kier alpha value is -1.90. The fraction of sp³-hybridized carbons (Fsp3) is 0.125. The second-order valence-electron chi connectivity index (χ2n) is 2.36. The zero-order valence-electron chi connectivity index (χ0n) is 6.80. The summed E-state index contributed by atoms with van der Waals surface area (Å²) < 4.78 is 40.2. The van der Waals surface area contributed by atoms with Gasteiger partial charge < -0.3 is 10.5 Å². The number of halogens is 3. The molecule has 0 aromatic heterocycles. The van der Waals surface area contributed by atoms with Gasteiger partial charge in [-0.3, -0.25) is 0 Å². The van der Waals surface area contributed by atoms with E-state index in [0.717, 1.165) is 6.07 Å². The van der Waals surface area contributed by atoms with Crippen molar-refractivity contribution in [2.45, 2.75) is 6.61 Å². The van der Waals surface area contributed by atoms with E-state index in [4.69, 9.17) is 11.0 Å². The smallest absolute Gasteiger partial charge is 0.387 e. The summed E-state index contributed by atoms with van der Waals surface area (Å²) in [6, 6.07) is 3.21. The van der Waals surface area contributed by atoms with Crippen LogP contribution in [-0.4, -0.2) is 6.61 Å². The number of benzene rings is 1. The van der Waals surface area contributed by atoms with Crippen molar-refractivity contribution in [3.63, 3.8) is 0 Å². The molecule has 0 aliphatic heterocycles. The summed E-state index contributed by atoms with van der Waals surface area (Å²) >= 11 is 0. The quantitative estimate of drug-likeness (QED) is 0.745. The number of nitrogens with two attached hydrogens (primary N) is 1. The number of rotatable bonds is 2. The largest absolute Gasteiger partial charge is 0.435 e. The van der Waals surface area contributed by atoms with Crippen LogP contribution in [0.4, 0.5) is 18.9 Å². The summed E-state index contributed by atoms with van der Waals surface area (Å²) in [6.07, 6.45) is 0. The van der Waals surface area contributed by atoms with Gasteiger partial charge in [-0.25, -0.2) is 4.39 Å². The minimum atomic E-state index is -3.07. The molecule has 3 nitrogen and oxygen atoms in total. The average Bonchev–Trinajstić information content (AvgIpc) is 2.10. The van der Waals surface area contributed by atoms with E-state index >= 15 is 0 Å². The summed E-state index contributed by atoms with van der Waals surface area (Å²) in [5.41, 5.74) is 4.54. The molecule has 1 aromatic rings.